The first-order chi connectivity index (χ1) is 16.3. The van der Waals surface area contributed by atoms with Gasteiger partial charge in [0.1, 0.15) is 11.7 Å². The molecule has 0 radical (unpaired) electrons. The molecule has 0 spiro atoms. The summed E-state index contributed by atoms with van der Waals surface area (Å²) in [5, 5.41) is 3.33. The number of esters is 1. The molecule has 3 unspecified atom stereocenters. The highest BCUT2D eigenvalue weighted by molar-refractivity contribution is 9.10. The number of methoxy groups -OCH3 is 1. The van der Waals surface area contributed by atoms with Gasteiger partial charge in [0.15, 0.2) is 5.78 Å². The lowest BCUT2D eigenvalue weighted by atomic mass is 9.69. The number of allylic oxidation sites excluding steroid dienone is 2. The fourth-order valence-electron chi connectivity index (χ4n) is 4.86. The first kappa shape index (κ1) is 24.3. The van der Waals surface area contributed by atoms with Gasteiger partial charge in [0, 0.05) is 29.3 Å². The summed E-state index contributed by atoms with van der Waals surface area (Å²) in [6, 6.07) is 15.8. The van der Waals surface area contributed by atoms with Crippen LogP contribution in [0.2, 0.25) is 0 Å². The molecule has 0 fully saturated rings. The average molecular weight is 524 g/mol. The number of hydrogen-bond donors (Lipinski definition) is 1. The highest BCUT2D eigenvalue weighted by Crippen LogP contribution is 2.48. The summed E-state index contributed by atoms with van der Waals surface area (Å²) in [5.74, 6) is -0.518. The number of halogens is 1. The molecule has 1 N–H and O–H groups in total. The molecule has 2 aliphatic rings. The predicted octanol–water partition coefficient (Wildman–Crippen LogP) is 5.87. The molecule has 34 heavy (non-hydrogen) atoms. The van der Waals surface area contributed by atoms with E-state index in [1.165, 1.54) is 0 Å². The molecule has 1 aliphatic carbocycles. The number of ether oxygens (including phenoxy) is 2. The summed E-state index contributed by atoms with van der Waals surface area (Å²) in [4.78, 5) is 26.9. The molecule has 6 heteroatoms. The molecule has 3 atom stereocenters. The maximum absolute atomic E-state index is 13.6. The molecule has 4 rings (SSSR count). The van der Waals surface area contributed by atoms with Gasteiger partial charge in [-0.05, 0) is 57.4 Å². The number of ketones is 1. The van der Waals surface area contributed by atoms with Crippen LogP contribution >= 0.6 is 15.9 Å². The standard InChI is InChI=1S/C28H30BrNO4/c1-16(2)15-34-28(32)25-17(3)30-22-13-20(18-8-6-5-7-9-18)14-23(31)27(22)26(25)19-10-11-24(33-4)21(29)12-19/h5-12,16,20,25-26,30H,3,13-15H2,1-2,4H3. The highest BCUT2D eigenvalue weighted by Gasteiger charge is 2.45. The molecular formula is C28H30BrNO4. The Labute approximate surface area is 209 Å². The van der Waals surface area contributed by atoms with Crippen molar-refractivity contribution in [1.29, 1.82) is 0 Å². The molecule has 0 bridgehead atoms. The molecule has 0 amide bonds. The number of benzene rings is 2. The molecule has 0 saturated heterocycles. The maximum Gasteiger partial charge on any atom is 0.315 e. The highest BCUT2D eigenvalue weighted by atomic mass is 79.9. The lowest BCUT2D eigenvalue weighted by Crippen LogP contribution is -2.42. The summed E-state index contributed by atoms with van der Waals surface area (Å²) >= 11 is 3.56. The van der Waals surface area contributed by atoms with Crippen molar-refractivity contribution in [2.75, 3.05) is 13.7 Å². The topological polar surface area (TPSA) is 64.6 Å². The summed E-state index contributed by atoms with van der Waals surface area (Å²) in [6.07, 6.45) is 1.09. The lowest BCUT2D eigenvalue weighted by Gasteiger charge is -2.40. The third kappa shape index (κ3) is 4.83. The molecule has 0 aromatic heterocycles. The van der Waals surface area contributed by atoms with E-state index in [2.05, 4.69) is 40.0 Å². The monoisotopic (exact) mass is 523 g/mol. The fourth-order valence-corrected chi connectivity index (χ4v) is 5.42. The van der Waals surface area contributed by atoms with E-state index in [-0.39, 0.29) is 23.6 Å². The van der Waals surface area contributed by atoms with Crippen LogP contribution in [0.3, 0.4) is 0 Å². The van der Waals surface area contributed by atoms with Crippen molar-refractivity contribution in [3.05, 3.63) is 87.7 Å². The minimum absolute atomic E-state index is 0.0497. The molecule has 5 nitrogen and oxygen atoms in total. The molecule has 178 valence electrons. The van der Waals surface area contributed by atoms with Crippen molar-refractivity contribution >= 4 is 27.7 Å². The van der Waals surface area contributed by atoms with Gasteiger partial charge in [0.05, 0.1) is 18.2 Å². The Bertz CT molecular complexity index is 1140. The van der Waals surface area contributed by atoms with E-state index in [1.54, 1.807) is 7.11 Å². The second kappa shape index (κ2) is 10.2. The van der Waals surface area contributed by atoms with E-state index >= 15 is 0 Å². The minimum Gasteiger partial charge on any atom is -0.496 e. The van der Waals surface area contributed by atoms with Crippen molar-refractivity contribution < 1.29 is 19.1 Å². The Morgan fingerprint density at radius 3 is 2.53 bits per heavy atom. The molecular weight excluding hydrogens is 494 g/mol. The van der Waals surface area contributed by atoms with E-state index in [1.807, 2.05) is 50.2 Å². The van der Waals surface area contributed by atoms with Crippen LogP contribution in [-0.2, 0) is 14.3 Å². The van der Waals surface area contributed by atoms with Crippen molar-refractivity contribution in [2.24, 2.45) is 11.8 Å². The quantitative estimate of drug-likeness (QED) is 0.479. The molecule has 0 saturated carbocycles. The van der Waals surface area contributed by atoms with Crippen LogP contribution in [0.1, 0.15) is 49.7 Å². The smallest absolute Gasteiger partial charge is 0.315 e. The number of nitrogens with one attached hydrogen (secondary N) is 1. The second-order valence-electron chi connectivity index (χ2n) is 9.35. The largest absolute Gasteiger partial charge is 0.496 e. The van der Waals surface area contributed by atoms with Crippen LogP contribution in [0, 0.1) is 11.8 Å². The third-order valence-electron chi connectivity index (χ3n) is 6.46. The van der Waals surface area contributed by atoms with E-state index < -0.39 is 11.8 Å². The van der Waals surface area contributed by atoms with Crippen LogP contribution in [0.5, 0.6) is 5.75 Å². The predicted molar refractivity (Wildman–Crippen MR) is 135 cm³/mol. The minimum atomic E-state index is -0.699. The van der Waals surface area contributed by atoms with Gasteiger partial charge in [-0.3, -0.25) is 9.59 Å². The number of rotatable bonds is 6. The van der Waals surface area contributed by atoms with Gasteiger partial charge in [0.25, 0.3) is 0 Å². The molecule has 2 aromatic carbocycles. The first-order valence-corrected chi connectivity index (χ1v) is 12.4. The van der Waals surface area contributed by atoms with Crippen molar-refractivity contribution in [3.8, 4) is 5.75 Å². The van der Waals surface area contributed by atoms with Crippen LogP contribution in [0.4, 0.5) is 0 Å². The average Bonchev–Trinajstić information content (AvgIpc) is 2.82. The van der Waals surface area contributed by atoms with Gasteiger partial charge in [-0.1, -0.05) is 56.8 Å². The van der Waals surface area contributed by atoms with Crippen LogP contribution in [0.15, 0.2) is 76.5 Å². The van der Waals surface area contributed by atoms with Gasteiger partial charge in [-0.2, -0.15) is 0 Å². The zero-order valence-electron chi connectivity index (χ0n) is 19.8. The molecule has 1 heterocycles. The fraction of sp³-hybridized carbons (Fsp3) is 0.357. The van der Waals surface area contributed by atoms with Crippen molar-refractivity contribution in [1.82, 2.24) is 5.32 Å². The van der Waals surface area contributed by atoms with E-state index in [9.17, 15) is 9.59 Å². The van der Waals surface area contributed by atoms with Crippen LogP contribution < -0.4 is 10.1 Å². The normalized spacial score (nSPS) is 22.3. The van der Waals surface area contributed by atoms with Crippen LogP contribution in [0.25, 0.3) is 0 Å². The Hall–Kier alpha value is -2.86. The SMILES string of the molecule is C=C1NC2=C(C(=O)CC(c3ccccc3)C2)C(c2ccc(OC)c(Br)c2)C1C(=O)OCC(C)C. The number of carbonyl (C=O) groups is 2. The van der Waals surface area contributed by atoms with Gasteiger partial charge in [-0.25, -0.2) is 0 Å². The van der Waals surface area contributed by atoms with E-state index in [0.29, 0.717) is 36.5 Å². The van der Waals surface area contributed by atoms with Gasteiger partial charge < -0.3 is 14.8 Å². The van der Waals surface area contributed by atoms with Gasteiger partial charge >= 0.3 is 5.97 Å². The third-order valence-corrected chi connectivity index (χ3v) is 7.08. The number of hydrogen-bond acceptors (Lipinski definition) is 5. The van der Waals surface area contributed by atoms with Crippen molar-refractivity contribution in [3.63, 3.8) is 0 Å². The zero-order chi connectivity index (χ0) is 24.4. The molecule has 2 aromatic rings. The summed E-state index contributed by atoms with van der Waals surface area (Å²) in [5.41, 5.74) is 4.05. The van der Waals surface area contributed by atoms with Gasteiger partial charge in [0.2, 0.25) is 0 Å². The summed E-state index contributed by atoms with van der Waals surface area (Å²) in [6.45, 7) is 8.50. The summed E-state index contributed by atoms with van der Waals surface area (Å²) in [7, 11) is 1.60. The Kier molecular flexibility index (Phi) is 7.27. The zero-order valence-corrected chi connectivity index (χ0v) is 21.4. The molecule has 1 aliphatic heterocycles. The van der Waals surface area contributed by atoms with Crippen LogP contribution in [-0.4, -0.2) is 25.5 Å². The van der Waals surface area contributed by atoms with E-state index in [4.69, 9.17) is 9.47 Å². The Morgan fingerprint density at radius 1 is 1.15 bits per heavy atom. The second-order valence-corrected chi connectivity index (χ2v) is 10.2. The van der Waals surface area contributed by atoms with Crippen molar-refractivity contribution in [2.45, 2.75) is 38.5 Å². The van der Waals surface area contributed by atoms with Gasteiger partial charge in [-0.15, -0.1) is 0 Å². The Balaban J connectivity index is 1.78. The Morgan fingerprint density at radius 2 is 1.88 bits per heavy atom. The summed E-state index contributed by atoms with van der Waals surface area (Å²) < 4.78 is 11.8. The maximum atomic E-state index is 13.6. The van der Waals surface area contributed by atoms with E-state index in [0.717, 1.165) is 21.3 Å². The lowest BCUT2D eigenvalue weighted by molar-refractivity contribution is -0.149. The first-order valence-electron chi connectivity index (χ1n) is 11.6. The number of carbonyl (C=O) groups excluding carboxylic acids is 2. The number of Topliss-reactive ketones (excluding diaryl/α,β-unsaturated/α-hetero) is 1.